The van der Waals surface area contributed by atoms with Gasteiger partial charge in [-0.05, 0) is 46.3 Å². The van der Waals surface area contributed by atoms with Crippen molar-refractivity contribution in [2.45, 2.75) is 11.1 Å². The fraction of sp³-hybridized carbons (Fsp3) is 0.0833. The van der Waals surface area contributed by atoms with Crippen molar-refractivity contribution in [3.05, 3.63) is 40.2 Å². The number of thiophene rings is 1. The average Bonchev–Trinajstić information content (AvgIpc) is 2.75. The second-order valence-corrected chi connectivity index (χ2v) is 8.30. The predicted molar refractivity (Wildman–Crippen MR) is 83.6 cm³/mol. The summed E-state index contributed by atoms with van der Waals surface area (Å²) in [5.74, 6) is -0.216. The van der Waals surface area contributed by atoms with Gasteiger partial charge in [0.25, 0.3) is 10.0 Å². The number of rotatable bonds is 4. The molecule has 0 radical (unpaired) electrons. The number of nitrogens with one attached hydrogen (secondary N) is 2. The van der Waals surface area contributed by atoms with Gasteiger partial charge >= 0.3 is 0 Å². The molecule has 0 atom stereocenters. The van der Waals surface area contributed by atoms with Gasteiger partial charge in [-0.2, -0.15) is 0 Å². The standard InChI is InChI=1S/C12H11BrN2O3S2/c1-8(16)14-9-3-2-4-10(7-9)15-20(17,18)12-6-5-11(13)19-12/h2-7,15H,1H3,(H,14,16). The molecule has 0 bridgehead atoms. The predicted octanol–water partition coefficient (Wildman–Crippen LogP) is 3.27. The van der Waals surface area contributed by atoms with Crippen LogP contribution in [0.5, 0.6) is 0 Å². The lowest BCUT2D eigenvalue weighted by Crippen LogP contribution is -2.12. The highest BCUT2D eigenvalue weighted by Crippen LogP contribution is 2.28. The van der Waals surface area contributed by atoms with Crippen molar-refractivity contribution in [2.75, 3.05) is 10.0 Å². The maximum Gasteiger partial charge on any atom is 0.271 e. The van der Waals surface area contributed by atoms with E-state index < -0.39 is 10.0 Å². The highest BCUT2D eigenvalue weighted by Gasteiger charge is 2.16. The van der Waals surface area contributed by atoms with Crippen molar-refractivity contribution < 1.29 is 13.2 Å². The van der Waals surface area contributed by atoms with Crippen LogP contribution in [0.3, 0.4) is 0 Å². The smallest absolute Gasteiger partial charge is 0.271 e. The molecule has 5 nitrogen and oxygen atoms in total. The van der Waals surface area contributed by atoms with Gasteiger partial charge in [-0.25, -0.2) is 8.42 Å². The molecule has 0 aliphatic carbocycles. The Hall–Kier alpha value is -1.38. The summed E-state index contributed by atoms with van der Waals surface area (Å²) in [6.07, 6.45) is 0. The molecule has 1 aromatic carbocycles. The molecule has 8 heteroatoms. The third-order valence-corrected chi connectivity index (χ3v) is 5.75. The summed E-state index contributed by atoms with van der Waals surface area (Å²) in [4.78, 5) is 11.0. The summed E-state index contributed by atoms with van der Waals surface area (Å²) >= 11 is 4.35. The Labute approximate surface area is 129 Å². The van der Waals surface area contributed by atoms with Gasteiger partial charge < -0.3 is 5.32 Å². The molecule has 106 valence electrons. The number of hydrogen-bond acceptors (Lipinski definition) is 4. The zero-order valence-electron chi connectivity index (χ0n) is 10.4. The zero-order chi connectivity index (χ0) is 14.8. The van der Waals surface area contributed by atoms with E-state index in [0.717, 1.165) is 15.1 Å². The molecule has 0 unspecified atom stereocenters. The lowest BCUT2D eigenvalue weighted by Gasteiger charge is -2.08. The minimum absolute atomic E-state index is 0.216. The van der Waals surface area contributed by atoms with Crippen molar-refractivity contribution in [2.24, 2.45) is 0 Å². The maximum absolute atomic E-state index is 12.1. The maximum atomic E-state index is 12.1. The lowest BCUT2D eigenvalue weighted by molar-refractivity contribution is -0.114. The molecular weight excluding hydrogens is 364 g/mol. The van der Waals surface area contributed by atoms with Gasteiger partial charge in [0.15, 0.2) is 0 Å². The number of hydrogen-bond donors (Lipinski definition) is 2. The monoisotopic (exact) mass is 374 g/mol. The zero-order valence-corrected chi connectivity index (χ0v) is 13.6. The molecule has 1 aromatic heterocycles. The molecule has 0 spiro atoms. The number of anilines is 2. The van der Waals surface area contributed by atoms with Crippen LogP contribution >= 0.6 is 27.3 Å². The Morgan fingerprint density at radius 3 is 2.50 bits per heavy atom. The summed E-state index contributed by atoms with van der Waals surface area (Å²) in [6.45, 7) is 1.39. The molecule has 0 saturated carbocycles. The highest BCUT2D eigenvalue weighted by atomic mass is 79.9. The van der Waals surface area contributed by atoms with Gasteiger partial charge in [-0.3, -0.25) is 9.52 Å². The van der Waals surface area contributed by atoms with Gasteiger partial charge in [-0.1, -0.05) is 6.07 Å². The first-order valence-electron chi connectivity index (χ1n) is 5.52. The first-order chi connectivity index (χ1) is 9.37. The van der Waals surface area contributed by atoms with Crippen LogP contribution in [-0.4, -0.2) is 14.3 Å². The summed E-state index contributed by atoms with van der Waals surface area (Å²) in [7, 11) is -3.61. The number of sulfonamides is 1. The molecule has 2 rings (SSSR count). The Balaban J connectivity index is 2.23. The number of amides is 1. The van der Waals surface area contributed by atoms with E-state index in [2.05, 4.69) is 26.0 Å². The minimum atomic E-state index is -3.61. The molecule has 20 heavy (non-hydrogen) atoms. The third-order valence-electron chi connectivity index (χ3n) is 2.25. The van der Waals surface area contributed by atoms with Crippen molar-refractivity contribution in [1.82, 2.24) is 0 Å². The normalized spacial score (nSPS) is 11.1. The summed E-state index contributed by atoms with van der Waals surface area (Å²) in [6, 6.07) is 9.71. The third kappa shape index (κ3) is 3.81. The average molecular weight is 375 g/mol. The van der Waals surface area contributed by atoms with E-state index >= 15 is 0 Å². The van der Waals surface area contributed by atoms with E-state index in [9.17, 15) is 13.2 Å². The van der Waals surface area contributed by atoms with Crippen LogP contribution in [0.1, 0.15) is 6.92 Å². The van der Waals surface area contributed by atoms with Crippen molar-refractivity contribution >= 4 is 54.6 Å². The van der Waals surface area contributed by atoms with Gasteiger partial charge in [0.05, 0.1) is 9.47 Å². The van der Waals surface area contributed by atoms with Crippen LogP contribution in [0.15, 0.2) is 44.4 Å². The minimum Gasteiger partial charge on any atom is -0.326 e. The van der Waals surface area contributed by atoms with E-state index in [1.165, 1.54) is 13.0 Å². The number of carbonyl (C=O) groups excluding carboxylic acids is 1. The molecule has 1 amide bonds. The Morgan fingerprint density at radius 1 is 1.20 bits per heavy atom. The van der Waals surface area contributed by atoms with Gasteiger partial charge in [0, 0.05) is 12.6 Å². The second kappa shape index (κ2) is 5.94. The van der Waals surface area contributed by atoms with E-state index in [4.69, 9.17) is 0 Å². The Morgan fingerprint density at radius 2 is 1.90 bits per heavy atom. The highest BCUT2D eigenvalue weighted by molar-refractivity contribution is 9.11. The Kier molecular flexibility index (Phi) is 4.46. The first kappa shape index (κ1) is 15.0. The van der Waals surface area contributed by atoms with Crippen molar-refractivity contribution in [1.29, 1.82) is 0 Å². The second-order valence-electron chi connectivity index (χ2n) is 3.93. The molecule has 0 fully saturated rings. The first-order valence-corrected chi connectivity index (χ1v) is 8.62. The van der Waals surface area contributed by atoms with Crippen LogP contribution < -0.4 is 10.0 Å². The van der Waals surface area contributed by atoms with Crippen molar-refractivity contribution in [3.8, 4) is 0 Å². The van der Waals surface area contributed by atoms with Crippen LogP contribution in [0.4, 0.5) is 11.4 Å². The largest absolute Gasteiger partial charge is 0.326 e. The lowest BCUT2D eigenvalue weighted by atomic mass is 10.3. The summed E-state index contributed by atoms with van der Waals surface area (Å²) < 4.78 is 27.7. The van der Waals surface area contributed by atoms with Crippen LogP contribution in [-0.2, 0) is 14.8 Å². The van der Waals surface area contributed by atoms with E-state index in [-0.39, 0.29) is 10.1 Å². The topological polar surface area (TPSA) is 75.3 Å². The molecule has 2 aromatic rings. The van der Waals surface area contributed by atoms with Crippen LogP contribution in [0, 0.1) is 0 Å². The van der Waals surface area contributed by atoms with Gasteiger partial charge in [-0.15, -0.1) is 11.3 Å². The number of carbonyl (C=O) groups is 1. The summed E-state index contributed by atoms with van der Waals surface area (Å²) in [5, 5.41) is 2.60. The quantitative estimate of drug-likeness (QED) is 0.861. The summed E-state index contributed by atoms with van der Waals surface area (Å²) in [5.41, 5.74) is 0.922. The molecule has 2 N–H and O–H groups in total. The Bertz CT molecular complexity index is 741. The molecule has 1 heterocycles. The van der Waals surface area contributed by atoms with E-state index in [1.807, 2.05) is 0 Å². The number of benzene rings is 1. The fourth-order valence-corrected chi connectivity index (χ4v) is 4.57. The molecule has 0 aliphatic heterocycles. The van der Waals surface area contributed by atoms with Crippen LogP contribution in [0.2, 0.25) is 0 Å². The SMILES string of the molecule is CC(=O)Nc1cccc(NS(=O)(=O)c2ccc(Br)s2)c1. The number of halogens is 1. The van der Waals surface area contributed by atoms with Gasteiger partial charge in [0.2, 0.25) is 5.91 Å². The fourth-order valence-electron chi connectivity index (χ4n) is 1.51. The van der Waals surface area contributed by atoms with Gasteiger partial charge in [0.1, 0.15) is 4.21 Å². The molecule has 0 saturated heterocycles. The van der Waals surface area contributed by atoms with Crippen LogP contribution in [0.25, 0.3) is 0 Å². The molecule has 0 aliphatic rings. The van der Waals surface area contributed by atoms with Crippen molar-refractivity contribution in [3.63, 3.8) is 0 Å². The van der Waals surface area contributed by atoms with E-state index in [0.29, 0.717) is 11.4 Å². The molecular formula is C12H11BrN2O3S2. The van der Waals surface area contributed by atoms with E-state index in [1.54, 1.807) is 30.3 Å².